The molecule has 0 bridgehead atoms. The zero-order valence-corrected chi connectivity index (χ0v) is 27.7. The molecule has 2 aromatic carbocycles. The summed E-state index contributed by atoms with van der Waals surface area (Å²) in [4.78, 5) is 36.3. The van der Waals surface area contributed by atoms with Gasteiger partial charge in [-0.25, -0.2) is 9.67 Å². The van der Waals surface area contributed by atoms with Crippen molar-refractivity contribution in [1.82, 2.24) is 30.0 Å². The third-order valence-electron chi connectivity index (χ3n) is 9.27. The van der Waals surface area contributed by atoms with Crippen LogP contribution >= 0.6 is 0 Å². The number of aryl methyl sites for hydroxylation is 2. The number of nitrogens with one attached hydrogen (secondary N) is 1. The van der Waals surface area contributed by atoms with E-state index < -0.39 is 24.3 Å². The first kappa shape index (κ1) is 33.9. The Labute approximate surface area is 281 Å². The summed E-state index contributed by atoms with van der Waals surface area (Å²) in [5, 5.41) is 16.9. The molecule has 0 radical (unpaired) electrons. The fourth-order valence-electron chi connectivity index (χ4n) is 6.64. The quantitative estimate of drug-likeness (QED) is 0.254. The predicted molar refractivity (Wildman–Crippen MR) is 176 cm³/mol. The fourth-order valence-corrected chi connectivity index (χ4v) is 6.64. The Morgan fingerprint density at radius 2 is 1.78 bits per heavy atom. The summed E-state index contributed by atoms with van der Waals surface area (Å²) >= 11 is 0. The Morgan fingerprint density at radius 3 is 2.41 bits per heavy atom. The van der Waals surface area contributed by atoms with Gasteiger partial charge in [0.1, 0.15) is 17.7 Å². The maximum Gasteiger partial charge on any atom is 0.429 e. The van der Waals surface area contributed by atoms with Crippen LogP contribution in [0.4, 0.5) is 19.0 Å². The second kappa shape index (κ2) is 13.1. The van der Waals surface area contributed by atoms with Gasteiger partial charge in [-0.05, 0) is 73.9 Å². The van der Waals surface area contributed by atoms with Crippen molar-refractivity contribution >= 4 is 17.7 Å². The molecule has 0 unspecified atom stereocenters. The number of carbonyl (C=O) groups excluding carboxylic acids is 1. The van der Waals surface area contributed by atoms with Gasteiger partial charge in [0.25, 0.3) is 5.91 Å². The molecule has 2 N–H and O–H groups in total. The number of hydrogen-bond donors (Lipinski definition) is 2. The molecule has 2 fully saturated rings. The van der Waals surface area contributed by atoms with Crippen molar-refractivity contribution in [3.05, 3.63) is 83.4 Å². The highest BCUT2D eigenvalue weighted by molar-refractivity contribution is 5.95. The Kier molecular flexibility index (Phi) is 9.09. The Hall–Kier alpha value is -4.98. The van der Waals surface area contributed by atoms with Crippen LogP contribution in [0.5, 0.6) is 5.88 Å². The van der Waals surface area contributed by atoms with Crippen LogP contribution in [0, 0.1) is 19.3 Å². The molecule has 6 rings (SSSR count). The molecule has 4 heterocycles. The van der Waals surface area contributed by atoms with E-state index in [2.05, 4.69) is 20.4 Å². The van der Waals surface area contributed by atoms with Crippen molar-refractivity contribution < 1.29 is 32.6 Å². The summed E-state index contributed by atoms with van der Waals surface area (Å²) in [6.45, 7) is 5.09. The van der Waals surface area contributed by atoms with E-state index in [-0.39, 0.29) is 34.3 Å². The molecule has 2 saturated heterocycles. The molecule has 0 saturated carbocycles. The number of alkyl halides is 3. The molecule has 0 aliphatic carbocycles. The van der Waals surface area contributed by atoms with Gasteiger partial charge in [0.2, 0.25) is 12.0 Å². The van der Waals surface area contributed by atoms with Crippen LogP contribution in [0.2, 0.25) is 0 Å². The van der Waals surface area contributed by atoms with Gasteiger partial charge in [-0.3, -0.25) is 9.59 Å². The van der Waals surface area contributed by atoms with Crippen molar-refractivity contribution in [2.24, 2.45) is 5.41 Å². The Bertz CT molecular complexity index is 1870. The number of piperidine rings is 1. The number of anilines is 1. The number of rotatable bonds is 8. The van der Waals surface area contributed by atoms with E-state index in [0.717, 1.165) is 12.8 Å². The van der Waals surface area contributed by atoms with Gasteiger partial charge in [0.15, 0.2) is 0 Å². The zero-order valence-electron chi connectivity index (χ0n) is 27.7. The normalized spacial score (nSPS) is 18.0. The number of aromatic nitrogens is 4. The largest absolute Gasteiger partial charge is 0.480 e. The van der Waals surface area contributed by atoms with Crippen LogP contribution in [-0.4, -0.2) is 87.6 Å². The van der Waals surface area contributed by atoms with Crippen LogP contribution in [0.15, 0.2) is 60.8 Å². The van der Waals surface area contributed by atoms with Gasteiger partial charge in [-0.2, -0.15) is 23.3 Å². The highest BCUT2D eigenvalue weighted by Crippen LogP contribution is 2.42. The standard InChI is InChI=1S/C35H38F3N7O4/c1-21-10-13-45(42-21)28-17-24(23-6-5-7-25(16-23)32(46)43(3)4)8-9-26(28)31(35(36,37)38)49-30-18-29(40-22(2)41-30)44-14-11-34(12-15-44)19-27(33(47)48)39-20-34/h5-10,13,16-18,27,31,39H,11-12,14-15,19-20H2,1-4H3,(H,47,48)/t27-,31+/m0/s1. The topological polar surface area (TPSA) is 126 Å². The molecule has 1 amide bonds. The summed E-state index contributed by atoms with van der Waals surface area (Å²) < 4.78 is 52.0. The summed E-state index contributed by atoms with van der Waals surface area (Å²) in [6, 6.07) is 14.0. The van der Waals surface area contributed by atoms with Gasteiger partial charge in [-0.15, -0.1) is 0 Å². The van der Waals surface area contributed by atoms with Crippen LogP contribution in [0.3, 0.4) is 0 Å². The number of aliphatic carboxylic acids is 1. The molecule has 49 heavy (non-hydrogen) atoms. The number of carboxylic acids is 1. The number of benzene rings is 2. The lowest BCUT2D eigenvalue weighted by atomic mass is 9.76. The van der Waals surface area contributed by atoms with Crippen LogP contribution < -0.4 is 15.0 Å². The average molecular weight is 678 g/mol. The SMILES string of the molecule is Cc1ccn(-c2cc(-c3cccc(C(=O)N(C)C)c3)ccc2[C@@H](Oc2cc(N3CCC4(CC3)CN[C@H](C(=O)O)C4)nc(C)n2)C(F)(F)F)n1. The minimum absolute atomic E-state index is 0.140. The van der Waals surface area contributed by atoms with Crippen molar-refractivity contribution in [3.63, 3.8) is 0 Å². The van der Waals surface area contributed by atoms with E-state index >= 15 is 0 Å². The minimum atomic E-state index is -4.83. The van der Waals surface area contributed by atoms with E-state index in [1.54, 1.807) is 76.6 Å². The number of nitrogens with zero attached hydrogens (tertiary/aromatic N) is 6. The van der Waals surface area contributed by atoms with E-state index in [0.29, 0.717) is 54.3 Å². The molecule has 11 nitrogen and oxygen atoms in total. The molecule has 2 aromatic heterocycles. The summed E-state index contributed by atoms with van der Waals surface area (Å²) in [7, 11) is 3.30. The molecule has 2 aliphatic heterocycles. The van der Waals surface area contributed by atoms with Gasteiger partial charge < -0.3 is 25.0 Å². The highest BCUT2D eigenvalue weighted by Gasteiger charge is 2.46. The number of amides is 1. The number of ether oxygens (including phenoxy) is 1. The van der Waals surface area contributed by atoms with Crippen LogP contribution in [0.1, 0.15) is 52.8 Å². The number of carbonyl (C=O) groups is 2. The van der Waals surface area contributed by atoms with Gasteiger partial charge in [-0.1, -0.05) is 24.3 Å². The maximum absolute atomic E-state index is 14.9. The van der Waals surface area contributed by atoms with Gasteiger partial charge in [0.05, 0.1) is 11.4 Å². The second-order valence-corrected chi connectivity index (χ2v) is 13.1. The lowest BCUT2D eigenvalue weighted by molar-refractivity contribution is -0.198. The molecule has 4 aromatic rings. The zero-order chi connectivity index (χ0) is 35.1. The van der Waals surface area contributed by atoms with Crippen LogP contribution in [0.25, 0.3) is 16.8 Å². The molecule has 1 spiro atoms. The highest BCUT2D eigenvalue weighted by atomic mass is 19.4. The summed E-state index contributed by atoms with van der Waals surface area (Å²) in [5.74, 6) is -0.576. The lowest BCUT2D eigenvalue weighted by Crippen LogP contribution is -2.41. The predicted octanol–water partition coefficient (Wildman–Crippen LogP) is 5.36. The van der Waals surface area contributed by atoms with E-state index in [9.17, 15) is 27.9 Å². The third-order valence-corrected chi connectivity index (χ3v) is 9.27. The van der Waals surface area contributed by atoms with E-state index in [1.807, 2.05) is 4.90 Å². The Morgan fingerprint density at radius 1 is 1.04 bits per heavy atom. The first-order chi connectivity index (χ1) is 23.2. The first-order valence-corrected chi connectivity index (χ1v) is 16.0. The molecule has 258 valence electrons. The fraction of sp³-hybridized carbons (Fsp3) is 0.400. The van der Waals surface area contributed by atoms with Crippen molar-refractivity contribution in [1.29, 1.82) is 0 Å². The lowest BCUT2D eigenvalue weighted by Gasteiger charge is -2.39. The van der Waals surface area contributed by atoms with Gasteiger partial charge >= 0.3 is 12.1 Å². The maximum atomic E-state index is 14.9. The smallest absolute Gasteiger partial charge is 0.429 e. The van der Waals surface area contributed by atoms with Crippen molar-refractivity contribution in [2.75, 3.05) is 38.6 Å². The number of hydrogen-bond acceptors (Lipinski definition) is 8. The monoisotopic (exact) mass is 677 g/mol. The van der Waals surface area contributed by atoms with Crippen molar-refractivity contribution in [3.8, 4) is 22.7 Å². The second-order valence-electron chi connectivity index (χ2n) is 13.1. The first-order valence-electron chi connectivity index (χ1n) is 16.0. The molecular formula is C35H38F3N7O4. The summed E-state index contributed by atoms with van der Waals surface area (Å²) in [6.07, 6.45) is -3.66. The minimum Gasteiger partial charge on any atom is -0.480 e. The average Bonchev–Trinajstić information content (AvgIpc) is 3.69. The number of halogens is 3. The molecule has 14 heteroatoms. The third kappa shape index (κ3) is 7.24. The van der Waals surface area contributed by atoms with Crippen LogP contribution in [-0.2, 0) is 4.79 Å². The van der Waals surface area contributed by atoms with E-state index in [1.165, 1.54) is 21.7 Å². The number of carboxylic acid groups (broad SMARTS) is 1. The van der Waals surface area contributed by atoms with E-state index in [4.69, 9.17) is 4.74 Å². The van der Waals surface area contributed by atoms with Gasteiger partial charge in [0, 0.05) is 57.1 Å². The molecular weight excluding hydrogens is 639 g/mol. The van der Waals surface area contributed by atoms with Crippen molar-refractivity contribution in [2.45, 2.75) is 51.4 Å². The molecule has 2 atom stereocenters. The summed E-state index contributed by atoms with van der Waals surface area (Å²) in [5.41, 5.74) is 2.16. The Balaban J connectivity index is 1.32. The molecule has 2 aliphatic rings.